The van der Waals surface area contributed by atoms with Crippen LogP contribution in [0.5, 0.6) is 0 Å². The lowest BCUT2D eigenvalue weighted by molar-refractivity contribution is 0.0954. The Labute approximate surface area is 113 Å². The van der Waals surface area contributed by atoms with Gasteiger partial charge in [0.05, 0.1) is 0 Å². The van der Waals surface area contributed by atoms with Gasteiger partial charge in [0.2, 0.25) is 4.96 Å². The first-order valence-electron chi connectivity index (χ1n) is 5.79. The minimum atomic E-state index is -0.0855. The maximum atomic E-state index is 11.8. The SMILES string of the molecule is O=C(NCCc1csc2nncn12)c1ccncc1. The Balaban J connectivity index is 1.59. The van der Waals surface area contributed by atoms with Crippen molar-refractivity contribution < 1.29 is 4.79 Å². The summed E-state index contributed by atoms with van der Waals surface area (Å²) in [5.41, 5.74) is 1.72. The average Bonchev–Trinajstić information content (AvgIpc) is 3.04. The van der Waals surface area contributed by atoms with Gasteiger partial charge in [-0.3, -0.25) is 14.2 Å². The number of thiazole rings is 1. The molecule has 1 N–H and O–H groups in total. The minimum absolute atomic E-state index is 0.0855. The van der Waals surface area contributed by atoms with Crippen LogP contribution in [0.1, 0.15) is 16.1 Å². The second kappa shape index (κ2) is 5.15. The van der Waals surface area contributed by atoms with Crippen molar-refractivity contribution in [3.8, 4) is 0 Å². The molecule has 0 saturated heterocycles. The highest BCUT2D eigenvalue weighted by molar-refractivity contribution is 7.15. The molecule has 0 unspecified atom stereocenters. The maximum Gasteiger partial charge on any atom is 0.251 e. The Morgan fingerprint density at radius 3 is 3.05 bits per heavy atom. The van der Waals surface area contributed by atoms with Crippen LogP contribution in [0.25, 0.3) is 4.96 Å². The largest absolute Gasteiger partial charge is 0.352 e. The summed E-state index contributed by atoms with van der Waals surface area (Å²) in [6.07, 6.45) is 5.64. The molecule has 6 nitrogen and oxygen atoms in total. The van der Waals surface area contributed by atoms with Crippen molar-refractivity contribution in [3.05, 3.63) is 47.5 Å². The van der Waals surface area contributed by atoms with Crippen LogP contribution >= 0.6 is 11.3 Å². The summed E-state index contributed by atoms with van der Waals surface area (Å²) >= 11 is 1.54. The number of pyridine rings is 1. The molecule has 0 aromatic carbocycles. The van der Waals surface area contributed by atoms with Crippen molar-refractivity contribution in [2.45, 2.75) is 6.42 Å². The lowest BCUT2D eigenvalue weighted by Gasteiger charge is -2.04. The predicted molar refractivity (Wildman–Crippen MR) is 71.1 cm³/mol. The molecule has 1 amide bonds. The van der Waals surface area contributed by atoms with E-state index >= 15 is 0 Å². The van der Waals surface area contributed by atoms with Crippen LogP contribution in [0, 0.1) is 0 Å². The summed E-state index contributed by atoms with van der Waals surface area (Å²) in [6.45, 7) is 0.575. The van der Waals surface area contributed by atoms with Gasteiger partial charge in [0.25, 0.3) is 5.91 Å². The number of hydrogen-bond donors (Lipinski definition) is 1. The fraction of sp³-hybridized carbons (Fsp3) is 0.167. The van der Waals surface area contributed by atoms with Crippen LogP contribution in [0.4, 0.5) is 0 Å². The molecule has 3 aromatic rings. The summed E-state index contributed by atoms with van der Waals surface area (Å²) < 4.78 is 1.93. The zero-order valence-corrected chi connectivity index (χ0v) is 10.8. The summed E-state index contributed by atoms with van der Waals surface area (Å²) in [7, 11) is 0. The third-order valence-corrected chi connectivity index (χ3v) is 3.61. The third-order valence-electron chi connectivity index (χ3n) is 2.74. The number of nitrogens with one attached hydrogen (secondary N) is 1. The van der Waals surface area contributed by atoms with Gasteiger partial charge in [-0.1, -0.05) is 0 Å². The van der Waals surface area contributed by atoms with Gasteiger partial charge in [0.1, 0.15) is 6.33 Å². The number of amides is 1. The summed E-state index contributed by atoms with van der Waals surface area (Å²) in [4.78, 5) is 16.6. The monoisotopic (exact) mass is 273 g/mol. The molecule has 0 aliphatic heterocycles. The molecule has 0 aliphatic rings. The number of carbonyl (C=O) groups is 1. The highest BCUT2D eigenvalue weighted by atomic mass is 32.1. The van der Waals surface area contributed by atoms with E-state index in [0.717, 1.165) is 17.1 Å². The molecule has 0 bridgehead atoms. The average molecular weight is 273 g/mol. The first kappa shape index (κ1) is 11.8. The van der Waals surface area contributed by atoms with Crippen molar-refractivity contribution in [2.75, 3.05) is 6.54 Å². The van der Waals surface area contributed by atoms with Crippen LogP contribution in [-0.2, 0) is 6.42 Å². The van der Waals surface area contributed by atoms with E-state index in [1.165, 1.54) is 0 Å². The highest BCUT2D eigenvalue weighted by Crippen LogP contribution is 2.13. The topological polar surface area (TPSA) is 72.2 Å². The predicted octanol–water partition coefficient (Wildman–Crippen LogP) is 1.16. The molecule has 0 atom stereocenters. The molecule has 0 aliphatic carbocycles. The Morgan fingerprint density at radius 1 is 1.37 bits per heavy atom. The van der Waals surface area contributed by atoms with Gasteiger partial charge < -0.3 is 5.32 Å². The minimum Gasteiger partial charge on any atom is -0.352 e. The molecule has 0 spiro atoms. The zero-order valence-electron chi connectivity index (χ0n) is 9.98. The van der Waals surface area contributed by atoms with E-state index in [4.69, 9.17) is 0 Å². The van der Waals surface area contributed by atoms with Crippen LogP contribution < -0.4 is 5.32 Å². The van der Waals surface area contributed by atoms with E-state index in [9.17, 15) is 4.79 Å². The van der Waals surface area contributed by atoms with E-state index in [-0.39, 0.29) is 5.91 Å². The summed E-state index contributed by atoms with van der Waals surface area (Å²) in [5.74, 6) is -0.0855. The van der Waals surface area contributed by atoms with Gasteiger partial charge in [-0.15, -0.1) is 21.5 Å². The summed E-state index contributed by atoms with van der Waals surface area (Å²) in [6, 6.07) is 3.38. The van der Waals surface area contributed by atoms with Crippen molar-refractivity contribution in [1.29, 1.82) is 0 Å². The number of aromatic nitrogens is 4. The first-order chi connectivity index (χ1) is 9.34. The summed E-state index contributed by atoms with van der Waals surface area (Å²) in [5, 5.41) is 12.7. The molecular formula is C12H11N5OS. The second-order valence-electron chi connectivity index (χ2n) is 3.95. The number of rotatable bonds is 4. The van der Waals surface area contributed by atoms with Crippen molar-refractivity contribution in [3.63, 3.8) is 0 Å². The van der Waals surface area contributed by atoms with Crippen molar-refractivity contribution in [1.82, 2.24) is 24.9 Å². The van der Waals surface area contributed by atoms with Gasteiger partial charge in [-0.2, -0.15) is 0 Å². The van der Waals surface area contributed by atoms with Crippen LogP contribution in [0.15, 0.2) is 36.2 Å². The molecule has 96 valence electrons. The molecule has 3 aromatic heterocycles. The number of carbonyl (C=O) groups excluding carboxylic acids is 1. The van der Waals surface area contributed by atoms with Gasteiger partial charge in [0, 0.05) is 42.0 Å². The van der Waals surface area contributed by atoms with Gasteiger partial charge in [0.15, 0.2) is 0 Å². The van der Waals surface area contributed by atoms with Crippen molar-refractivity contribution in [2.24, 2.45) is 0 Å². The lowest BCUT2D eigenvalue weighted by atomic mass is 10.2. The molecule has 0 radical (unpaired) electrons. The number of hydrogen-bond acceptors (Lipinski definition) is 5. The van der Waals surface area contributed by atoms with E-state index < -0.39 is 0 Å². The molecule has 0 fully saturated rings. The number of nitrogens with zero attached hydrogens (tertiary/aromatic N) is 4. The standard InChI is InChI=1S/C12H11N5OS/c18-11(9-1-4-13-5-2-9)14-6-3-10-7-19-12-16-15-8-17(10)12/h1-2,4-5,7-8H,3,6H2,(H,14,18). The zero-order chi connectivity index (χ0) is 13.1. The Morgan fingerprint density at radius 2 is 2.21 bits per heavy atom. The van der Waals surface area contributed by atoms with E-state index in [1.807, 2.05) is 9.78 Å². The van der Waals surface area contributed by atoms with E-state index in [2.05, 4.69) is 20.5 Å². The van der Waals surface area contributed by atoms with Gasteiger partial charge >= 0.3 is 0 Å². The van der Waals surface area contributed by atoms with E-state index in [0.29, 0.717) is 12.1 Å². The van der Waals surface area contributed by atoms with Gasteiger partial charge in [-0.05, 0) is 12.1 Å². The molecular weight excluding hydrogens is 262 g/mol. The Kier molecular flexibility index (Phi) is 3.20. The van der Waals surface area contributed by atoms with Crippen LogP contribution in [0.3, 0.4) is 0 Å². The number of fused-ring (bicyclic) bond motifs is 1. The first-order valence-corrected chi connectivity index (χ1v) is 6.67. The lowest BCUT2D eigenvalue weighted by Crippen LogP contribution is -2.25. The quantitative estimate of drug-likeness (QED) is 0.774. The molecule has 19 heavy (non-hydrogen) atoms. The highest BCUT2D eigenvalue weighted by Gasteiger charge is 2.07. The fourth-order valence-electron chi connectivity index (χ4n) is 1.77. The third kappa shape index (κ3) is 2.45. The van der Waals surface area contributed by atoms with E-state index in [1.54, 1.807) is 42.2 Å². The van der Waals surface area contributed by atoms with Gasteiger partial charge in [-0.25, -0.2) is 0 Å². The van der Waals surface area contributed by atoms with Crippen molar-refractivity contribution >= 4 is 22.2 Å². The normalized spacial score (nSPS) is 10.7. The Bertz CT molecular complexity index is 690. The fourth-order valence-corrected chi connectivity index (χ4v) is 2.61. The molecule has 0 saturated carbocycles. The maximum absolute atomic E-state index is 11.8. The van der Waals surface area contributed by atoms with Crippen LogP contribution in [0.2, 0.25) is 0 Å². The van der Waals surface area contributed by atoms with Crippen LogP contribution in [-0.4, -0.2) is 32.0 Å². The molecule has 3 heterocycles. The Hall–Kier alpha value is -2.28. The molecule has 7 heteroatoms. The molecule has 3 rings (SSSR count). The smallest absolute Gasteiger partial charge is 0.251 e. The second-order valence-corrected chi connectivity index (χ2v) is 4.79.